The Hall–Kier alpha value is -2.12. The maximum Gasteiger partial charge on any atom is 0.327 e. The second-order valence-corrected chi connectivity index (χ2v) is 6.03. The molecule has 2 atom stereocenters. The molecule has 0 spiro atoms. The quantitative estimate of drug-likeness (QED) is 0.596. The molecular formula is C17H27NO7. The molecule has 0 radical (unpaired) electrons. The molecule has 0 aromatic rings. The van der Waals surface area contributed by atoms with Crippen molar-refractivity contribution in [1.82, 2.24) is 5.32 Å². The number of hydrogen-bond acceptors (Lipinski definition) is 6. The summed E-state index contributed by atoms with van der Waals surface area (Å²) in [5.41, 5.74) is 0. The highest BCUT2D eigenvalue weighted by Gasteiger charge is 2.39. The van der Waals surface area contributed by atoms with Crippen LogP contribution in [-0.2, 0) is 28.7 Å². The van der Waals surface area contributed by atoms with E-state index in [2.05, 4.69) is 5.32 Å². The summed E-state index contributed by atoms with van der Waals surface area (Å²) in [6.07, 6.45) is 3.81. The van der Waals surface area contributed by atoms with E-state index in [0.29, 0.717) is 12.8 Å². The molecule has 1 fully saturated rings. The molecule has 1 rings (SSSR count). The van der Waals surface area contributed by atoms with Gasteiger partial charge in [-0.15, -0.1) is 0 Å². The topological polar surface area (TPSA) is 119 Å². The highest BCUT2D eigenvalue weighted by Crippen LogP contribution is 2.24. The molecule has 1 aliphatic rings. The third kappa shape index (κ3) is 6.72. The van der Waals surface area contributed by atoms with Crippen molar-refractivity contribution in [1.29, 1.82) is 0 Å². The van der Waals surface area contributed by atoms with Gasteiger partial charge in [-0.1, -0.05) is 19.3 Å². The van der Waals surface area contributed by atoms with E-state index in [1.807, 2.05) is 0 Å². The Labute approximate surface area is 147 Å². The molecule has 8 nitrogen and oxygen atoms in total. The van der Waals surface area contributed by atoms with Crippen LogP contribution < -0.4 is 5.32 Å². The van der Waals surface area contributed by atoms with Crippen LogP contribution in [0.15, 0.2) is 0 Å². The van der Waals surface area contributed by atoms with Crippen molar-refractivity contribution in [3.8, 4) is 0 Å². The van der Waals surface area contributed by atoms with E-state index < -0.39 is 42.2 Å². The van der Waals surface area contributed by atoms with Crippen LogP contribution in [0.3, 0.4) is 0 Å². The van der Waals surface area contributed by atoms with Crippen LogP contribution in [0.2, 0.25) is 0 Å². The van der Waals surface area contributed by atoms with E-state index >= 15 is 0 Å². The first kappa shape index (κ1) is 20.9. The first-order chi connectivity index (χ1) is 11.9. The summed E-state index contributed by atoms with van der Waals surface area (Å²) in [6, 6.07) is -1.53. The van der Waals surface area contributed by atoms with E-state index in [-0.39, 0.29) is 19.1 Å². The number of amides is 1. The van der Waals surface area contributed by atoms with Gasteiger partial charge in [0.05, 0.1) is 25.6 Å². The van der Waals surface area contributed by atoms with E-state index in [0.717, 1.165) is 19.3 Å². The van der Waals surface area contributed by atoms with Crippen molar-refractivity contribution in [3.05, 3.63) is 0 Å². The molecule has 0 unspecified atom stereocenters. The number of aliphatic carboxylic acids is 1. The Kier molecular flexibility index (Phi) is 8.94. The van der Waals surface area contributed by atoms with Crippen LogP contribution in [0.1, 0.15) is 52.4 Å². The monoisotopic (exact) mass is 357 g/mol. The summed E-state index contributed by atoms with van der Waals surface area (Å²) in [7, 11) is 0. The van der Waals surface area contributed by atoms with Gasteiger partial charge in [0.2, 0.25) is 5.91 Å². The Balaban J connectivity index is 2.89. The molecule has 0 aromatic heterocycles. The molecule has 1 saturated carbocycles. The van der Waals surface area contributed by atoms with Crippen molar-refractivity contribution >= 4 is 23.8 Å². The normalized spacial score (nSPS) is 17.2. The van der Waals surface area contributed by atoms with Crippen molar-refractivity contribution in [2.75, 3.05) is 13.2 Å². The lowest BCUT2D eigenvalue weighted by atomic mass is 9.87. The number of carbonyl (C=O) groups is 4. The predicted octanol–water partition coefficient (Wildman–Crippen LogP) is 1.27. The van der Waals surface area contributed by atoms with E-state index in [9.17, 15) is 24.3 Å². The maximum absolute atomic E-state index is 12.4. The maximum atomic E-state index is 12.4. The van der Waals surface area contributed by atoms with Gasteiger partial charge in [0.25, 0.3) is 0 Å². The summed E-state index contributed by atoms with van der Waals surface area (Å²) in [6.45, 7) is 3.34. The second-order valence-electron chi connectivity index (χ2n) is 6.03. The smallest absolute Gasteiger partial charge is 0.327 e. The molecule has 1 amide bonds. The number of hydrogen-bond donors (Lipinski definition) is 2. The Morgan fingerprint density at radius 2 is 1.64 bits per heavy atom. The third-order valence-electron chi connectivity index (χ3n) is 4.22. The largest absolute Gasteiger partial charge is 0.480 e. The van der Waals surface area contributed by atoms with Gasteiger partial charge in [-0.3, -0.25) is 14.4 Å². The summed E-state index contributed by atoms with van der Waals surface area (Å²) in [4.78, 5) is 47.9. The van der Waals surface area contributed by atoms with Gasteiger partial charge in [-0.25, -0.2) is 4.79 Å². The zero-order chi connectivity index (χ0) is 18.8. The average molecular weight is 357 g/mol. The summed E-state index contributed by atoms with van der Waals surface area (Å²) in [5.74, 6) is -4.92. The number of carbonyl (C=O) groups excluding carboxylic acids is 3. The SMILES string of the molecule is CCOC(=O)C[C@@H](C(=O)OCC)[C@H](NC(=O)C1CCCCC1)C(=O)O. The highest BCUT2D eigenvalue weighted by molar-refractivity contribution is 5.91. The first-order valence-electron chi connectivity index (χ1n) is 8.76. The lowest BCUT2D eigenvalue weighted by molar-refractivity contribution is -0.160. The molecule has 8 heteroatoms. The molecule has 142 valence electrons. The lowest BCUT2D eigenvalue weighted by Gasteiger charge is -2.26. The standard InChI is InChI=1S/C17H27NO7/c1-3-24-13(19)10-12(17(23)25-4-2)14(16(21)22)18-15(20)11-8-6-5-7-9-11/h11-12,14H,3-10H2,1-2H3,(H,18,20)(H,21,22)/t12-,14+/m1/s1. The van der Waals surface area contributed by atoms with Gasteiger partial charge < -0.3 is 19.9 Å². The Bertz CT molecular complexity index is 485. The Morgan fingerprint density at radius 3 is 2.16 bits per heavy atom. The first-order valence-corrected chi connectivity index (χ1v) is 8.76. The zero-order valence-corrected chi connectivity index (χ0v) is 14.8. The minimum absolute atomic E-state index is 0.0427. The molecule has 0 saturated heterocycles. The van der Waals surface area contributed by atoms with Crippen molar-refractivity contribution in [2.24, 2.45) is 11.8 Å². The third-order valence-corrected chi connectivity index (χ3v) is 4.22. The van der Waals surface area contributed by atoms with Crippen LogP contribution in [0, 0.1) is 11.8 Å². The number of esters is 2. The lowest BCUT2D eigenvalue weighted by Crippen LogP contribution is -2.51. The fourth-order valence-electron chi connectivity index (χ4n) is 2.96. The molecule has 0 heterocycles. The molecule has 2 N–H and O–H groups in total. The van der Waals surface area contributed by atoms with Gasteiger partial charge in [-0.2, -0.15) is 0 Å². The van der Waals surface area contributed by atoms with Crippen molar-refractivity contribution in [3.63, 3.8) is 0 Å². The number of rotatable bonds is 9. The van der Waals surface area contributed by atoms with Gasteiger partial charge >= 0.3 is 17.9 Å². The minimum Gasteiger partial charge on any atom is -0.480 e. The predicted molar refractivity (Wildman–Crippen MR) is 87.5 cm³/mol. The summed E-state index contributed by atoms with van der Waals surface area (Å²) in [5, 5.41) is 11.9. The van der Waals surface area contributed by atoms with Gasteiger partial charge in [-0.05, 0) is 26.7 Å². The van der Waals surface area contributed by atoms with Crippen LogP contribution in [0.5, 0.6) is 0 Å². The molecule has 0 bridgehead atoms. The van der Waals surface area contributed by atoms with Gasteiger partial charge in [0.1, 0.15) is 6.04 Å². The Morgan fingerprint density at radius 1 is 1.04 bits per heavy atom. The van der Waals surface area contributed by atoms with Crippen LogP contribution in [0.4, 0.5) is 0 Å². The van der Waals surface area contributed by atoms with Crippen LogP contribution in [0.25, 0.3) is 0 Å². The van der Waals surface area contributed by atoms with E-state index in [1.54, 1.807) is 13.8 Å². The summed E-state index contributed by atoms with van der Waals surface area (Å²) >= 11 is 0. The fraction of sp³-hybridized carbons (Fsp3) is 0.765. The minimum atomic E-state index is -1.53. The van der Waals surface area contributed by atoms with Crippen molar-refractivity contribution < 1.29 is 33.8 Å². The molecule has 0 aromatic carbocycles. The van der Waals surface area contributed by atoms with Crippen LogP contribution >= 0.6 is 0 Å². The van der Waals surface area contributed by atoms with Crippen molar-refractivity contribution in [2.45, 2.75) is 58.4 Å². The number of nitrogens with one attached hydrogen (secondary N) is 1. The van der Waals surface area contributed by atoms with Gasteiger partial charge in [0, 0.05) is 5.92 Å². The molecule has 25 heavy (non-hydrogen) atoms. The van der Waals surface area contributed by atoms with E-state index in [4.69, 9.17) is 9.47 Å². The molecular weight excluding hydrogens is 330 g/mol. The molecule has 0 aliphatic heterocycles. The molecule has 1 aliphatic carbocycles. The number of ether oxygens (including phenoxy) is 2. The van der Waals surface area contributed by atoms with E-state index in [1.165, 1.54) is 0 Å². The second kappa shape index (κ2) is 10.7. The van der Waals surface area contributed by atoms with Crippen LogP contribution in [-0.4, -0.2) is 48.2 Å². The average Bonchev–Trinajstić information content (AvgIpc) is 2.58. The number of carboxylic acids is 1. The fourth-order valence-corrected chi connectivity index (χ4v) is 2.96. The highest BCUT2D eigenvalue weighted by atomic mass is 16.5. The van der Waals surface area contributed by atoms with Gasteiger partial charge in [0.15, 0.2) is 0 Å². The zero-order valence-electron chi connectivity index (χ0n) is 14.8. The number of carboxylic acid groups (broad SMARTS) is 1. The summed E-state index contributed by atoms with van der Waals surface area (Å²) < 4.78 is 9.68.